The maximum Gasteiger partial charge on any atom is 0.342 e. The number of ether oxygens (including phenoxy) is 2. The van der Waals surface area contributed by atoms with Gasteiger partial charge in [0.25, 0.3) is 5.91 Å². The predicted molar refractivity (Wildman–Crippen MR) is 120 cm³/mol. The summed E-state index contributed by atoms with van der Waals surface area (Å²) in [6.07, 6.45) is 4.54. The zero-order valence-corrected chi connectivity index (χ0v) is 20.0. The van der Waals surface area contributed by atoms with E-state index >= 15 is 0 Å². The number of carbonyl (C=O) groups excluding carboxylic acids is 2. The van der Waals surface area contributed by atoms with Crippen molar-refractivity contribution in [2.24, 2.45) is 5.92 Å². The smallest absolute Gasteiger partial charge is 0.342 e. The molecule has 2 fully saturated rings. The molecule has 1 aromatic carbocycles. The first-order valence-electron chi connectivity index (χ1n) is 11.4. The van der Waals surface area contributed by atoms with Crippen LogP contribution in [0.3, 0.4) is 0 Å². The van der Waals surface area contributed by atoms with E-state index in [2.05, 4.69) is 6.92 Å². The highest BCUT2D eigenvalue weighted by molar-refractivity contribution is 7.89. The average Bonchev–Trinajstić information content (AvgIpc) is 3.09. The van der Waals surface area contributed by atoms with E-state index in [0.29, 0.717) is 32.1 Å². The minimum atomic E-state index is -3.74. The molecule has 0 aromatic heterocycles. The molecule has 2 saturated heterocycles. The van der Waals surface area contributed by atoms with Gasteiger partial charge in [0, 0.05) is 26.2 Å². The normalized spacial score (nSPS) is 19.8. The Bertz CT molecular complexity index is 916. The molecule has 2 aliphatic heterocycles. The Balaban J connectivity index is 1.77. The second-order valence-electron chi connectivity index (χ2n) is 8.74. The van der Waals surface area contributed by atoms with Crippen LogP contribution in [0.4, 0.5) is 0 Å². The van der Waals surface area contributed by atoms with Crippen molar-refractivity contribution >= 4 is 21.9 Å². The molecule has 0 aliphatic carbocycles. The number of nitrogens with zero attached hydrogens (tertiary/aromatic N) is 2. The van der Waals surface area contributed by atoms with Gasteiger partial charge in [0.2, 0.25) is 10.0 Å². The molecule has 9 heteroatoms. The largest absolute Gasteiger partial charge is 0.496 e. The van der Waals surface area contributed by atoms with Crippen LogP contribution in [0.1, 0.15) is 62.7 Å². The van der Waals surface area contributed by atoms with Crippen LogP contribution in [0.15, 0.2) is 23.1 Å². The summed E-state index contributed by atoms with van der Waals surface area (Å²) in [7, 11) is -2.34. The number of sulfonamides is 1. The summed E-state index contributed by atoms with van der Waals surface area (Å²) >= 11 is 0. The first-order valence-corrected chi connectivity index (χ1v) is 12.9. The number of hydrogen-bond donors (Lipinski definition) is 0. The molecule has 3 rings (SSSR count). The highest BCUT2D eigenvalue weighted by Crippen LogP contribution is 2.27. The van der Waals surface area contributed by atoms with Gasteiger partial charge in [-0.15, -0.1) is 0 Å². The van der Waals surface area contributed by atoms with Crippen LogP contribution in [0.2, 0.25) is 0 Å². The minimum Gasteiger partial charge on any atom is -0.496 e. The number of piperidine rings is 1. The fraction of sp³-hybridized carbons (Fsp3) is 0.652. The van der Waals surface area contributed by atoms with Crippen LogP contribution in [0.5, 0.6) is 5.75 Å². The molecular formula is C23H34N2O6S. The van der Waals surface area contributed by atoms with Crippen LogP contribution >= 0.6 is 0 Å². The van der Waals surface area contributed by atoms with Gasteiger partial charge >= 0.3 is 5.97 Å². The van der Waals surface area contributed by atoms with Crippen molar-refractivity contribution in [1.29, 1.82) is 0 Å². The van der Waals surface area contributed by atoms with Gasteiger partial charge < -0.3 is 14.4 Å². The molecule has 0 bridgehead atoms. The predicted octanol–water partition coefficient (Wildman–Crippen LogP) is 3.06. The molecule has 0 N–H and O–H groups in total. The zero-order valence-electron chi connectivity index (χ0n) is 19.2. The van der Waals surface area contributed by atoms with Crippen molar-refractivity contribution in [3.63, 3.8) is 0 Å². The van der Waals surface area contributed by atoms with Crippen LogP contribution in [-0.2, 0) is 19.6 Å². The first kappa shape index (κ1) is 24.5. The van der Waals surface area contributed by atoms with Crippen molar-refractivity contribution in [1.82, 2.24) is 9.21 Å². The third-order valence-electron chi connectivity index (χ3n) is 6.32. The molecule has 8 nitrogen and oxygen atoms in total. The molecule has 1 unspecified atom stereocenters. The van der Waals surface area contributed by atoms with Crippen molar-refractivity contribution in [2.75, 3.05) is 33.3 Å². The van der Waals surface area contributed by atoms with E-state index in [1.165, 1.54) is 29.6 Å². The lowest BCUT2D eigenvalue weighted by molar-refractivity contribution is -0.141. The molecule has 178 valence electrons. The number of benzene rings is 1. The summed E-state index contributed by atoms with van der Waals surface area (Å²) in [5, 5.41) is 0. The average molecular weight is 467 g/mol. The summed E-state index contributed by atoms with van der Waals surface area (Å²) in [5.74, 6) is -0.232. The van der Waals surface area contributed by atoms with E-state index in [-0.39, 0.29) is 22.1 Å². The van der Waals surface area contributed by atoms with Gasteiger partial charge in [-0.05, 0) is 56.7 Å². The quantitative estimate of drug-likeness (QED) is 0.598. The van der Waals surface area contributed by atoms with Gasteiger partial charge in [0.15, 0.2) is 6.10 Å². The van der Waals surface area contributed by atoms with Crippen LogP contribution < -0.4 is 4.74 Å². The Hall–Kier alpha value is -2.13. The molecule has 0 spiro atoms. The van der Waals surface area contributed by atoms with E-state index in [0.717, 1.165) is 38.5 Å². The van der Waals surface area contributed by atoms with Gasteiger partial charge in [-0.1, -0.05) is 19.8 Å². The Morgan fingerprint density at radius 3 is 2.25 bits per heavy atom. The summed E-state index contributed by atoms with van der Waals surface area (Å²) in [4.78, 5) is 27.4. The number of amides is 1. The van der Waals surface area contributed by atoms with Gasteiger partial charge in [-0.2, -0.15) is 4.31 Å². The topological polar surface area (TPSA) is 93.2 Å². The lowest BCUT2D eigenvalue weighted by Gasteiger charge is -2.32. The van der Waals surface area contributed by atoms with Crippen molar-refractivity contribution in [3.05, 3.63) is 23.8 Å². The van der Waals surface area contributed by atoms with Crippen molar-refractivity contribution < 1.29 is 27.5 Å². The summed E-state index contributed by atoms with van der Waals surface area (Å²) in [6, 6.07) is 4.19. The summed E-state index contributed by atoms with van der Waals surface area (Å²) in [6.45, 7) is 5.93. The second kappa shape index (κ2) is 10.7. The molecule has 0 saturated carbocycles. The Morgan fingerprint density at radius 1 is 1.03 bits per heavy atom. The highest BCUT2D eigenvalue weighted by Gasteiger charge is 2.30. The molecule has 0 radical (unpaired) electrons. The number of esters is 1. The lowest BCUT2D eigenvalue weighted by Crippen LogP contribution is -2.44. The maximum absolute atomic E-state index is 13.2. The van der Waals surface area contributed by atoms with Crippen molar-refractivity contribution in [3.8, 4) is 5.75 Å². The molecule has 2 heterocycles. The minimum absolute atomic E-state index is 0.00434. The lowest BCUT2D eigenvalue weighted by atomic mass is 9.99. The fourth-order valence-corrected chi connectivity index (χ4v) is 5.74. The van der Waals surface area contributed by atoms with Gasteiger partial charge in [0.05, 0.1) is 12.0 Å². The maximum atomic E-state index is 13.2. The summed E-state index contributed by atoms with van der Waals surface area (Å²) < 4.78 is 38.5. The Labute approximate surface area is 190 Å². The number of likely N-dealkylation sites (tertiary alicyclic amines) is 1. The third-order valence-corrected chi connectivity index (χ3v) is 8.22. The first-order chi connectivity index (χ1) is 15.2. The number of carbonyl (C=O) groups is 2. The molecule has 1 amide bonds. The van der Waals surface area contributed by atoms with E-state index in [4.69, 9.17) is 9.47 Å². The van der Waals surface area contributed by atoms with Crippen LogP contribution in [0.25, 0.3) is 0 Å². The standard InChI is InChI=1S/C23H34N2O6S/c1-17-10-14-24(15-11-17)22(26)18(2)31-23(27)20-16-19(8-9-21(20)30-3)32(28,29)25-12-6-4-5-7-13-25/h8-9,16-18H,4-7,10-15H2,1-3H3. The van der Waals surface area contributed by atoms with Crippen molar-refractivity contribution in [2.45, 2.75) is 63.4 Å². The number of rotatable bonds is 6. The third kappa shape index (κ3) is 5.61. The molecular weight excluding hydrogens is 432 g/mol. The Morgan fingerprint density at radius 2 is 1.66 bits per heavy atom. The highest BCUT2D eigenvalue weighted by atomic mass is 32.2. The molecule has 32 heavy (non-hydrogen) atoms. The van der Waals surface area contributed by atoms with Crippen LogP contribution in [-0.4, -0.2) is 68.9 Å². The van der Waals surface area contributed by atoms with E-state index in [9.17, 15) is 18.0 Å². The monoisotopic (exact) mass is 466 g/mol. The number of hydrogen-bond acceptors (Lipinski definition) is 6. The second-order valence-corrected chi connectivity index (χ2v) is 10.7. The van der Waals surface area contributed by atoms with E-state index in [1.807, 2.05) is 0 Å². The van der Waals surface area contributed by atoms with E-state index < -0.39 is 22.1 Å². The zero-order chi connectivity index (χ0) is 23.3. The Kier molecular flexibility index (Phi) is 8.16. The molecule has 1 atom stereocenters. The summed E-state index contributed by atoms with van der Waals surface area (Å²) in [5.41, 5.74) is -0.00434. The number of methoxy groups -OCH3 is 1. The van der Waals surface area contributed by atoms with Crippen LogP contribution in [0, 0.1) is 5.92 Å². The fourth-order valence-electron chi connectivity index (χ4n) is 4.20. The van der Waals surface area contributed by atoms with Gasteiger partial charge in [0.1, 0.15) is 11.3 Å². The van der Waals surface area contributed by atoms with Gasteiger partial charge in [-0.25, -0.2) is 13.2 Å². The van der Waals surface area contributed by atoms with Gasteiger partial charge in [-0.3, -0.25) is 4.79 Å². The van der Waals surface area contributed by atoms with E-state index in [1.54, 1.807) is 11.8 Å². The molecule has 1 aromatic rings. The molecule has 2 aliphatic rings. The SMILES string of the molecule is COc1ccc(S(=O)(=O)N2CCCCCC2)cc1C(=O)OC(C)C(=O)N1CCC(C)CC1.